The average Bonchev–Trinajstić information content (AvgIpc) is 3.10. The monoisotopic (exact) mass is 445 g/mol. The van der Waals surface area contributed by atoms with Crippen molar-refractivity contribution in [2.75, 3.05) is 11.1 Å². The molecule has 3 aromatic rings. The molecule has 0 radical (unpaired) electrons. The fraction of sp³-hybridized carbons (Fsp3) is 0.105. The molecule has 6 nitrogen and oxygen atoms in total. The maximum Gasteiger partial charge on any atom is 0.338 e. The number of nitrogens with zero attached hydrogens (tertiary/aromatic N) is 1. The van der Waals surface area contributed by atoms with Gasteiger partial charge in [0.2, 0.25) is 0 Å². The number of esters is 1. The van der Waals surface area contributed by atoms with Gasteiger partial charge in [-0.05, 0) is 37.3 Å². The van der Waals surface area contributed by atoms with E-state index in [4.69, 9.17) is 10.5 Å². The fourth-order valence-corrected chi connectivity index (χ4v) is 3.23. The highest BCUT2D eigenvalue weighted by molar-refractivity contribution is 9.10. The third kappa shape index (κ3) is 4.93. The summed E-state index contributed by atoms with van der Waals surface area (Å²) >= 11 is 4.69. The predicted octanol–water partition coefficient (Wildman–Crippen LogP) is 4.34. The van der Waals surface area contributed by atoms with E-state index in [2.05, 4.69) is 26.2 Å². The first kappa shape index (κ1) is 19.1. The molecule has 8 heteroatoms. The van der Waals surface area contributed by atoms with Gasteiger partial charge in [0.05, 0.1) is 11.3 Å². The van der Waals surface area contributed by atoms with Crippen LogP contribution in [0, 0.1) is 0 Å². The molecule has 0 bridgehead atoms. The molecule has 0 aliphatic heterocycles. The quantitative estimate of drug-likeness (QED) is 0.449. The highest BCUT2D eigenvalue weighted by Crippen LogP contribution is 2.26. The Balaban J connectivity index is 1.61. The van der Waals surface area contributed by atoms with Crippen LogP contribution in [0.4, 0.5) is 10.8 Å². The van der Waals surface area contributed by atoms with E-state index in [0.717, 1.165) is 15.7 Å². The van der Waals surface area contributed by atoms with Crippen molar-refractivity contribution in [2.24, 2.45) is 0 Å². The lowest BCUT2D eigenvalue weighted by atomic mass is 10.2. The van der Waals surface area contributed by atoms with Crippen molar-refractivity contribution in [3.63, 3.8) is 0 Å². The molecule has 0 aliphatic carbocycles. The van der Waals surface area contributed by atoms with Crippen LogP contribution in [0.5, 0.6) is 0 Å². The molecule has 3 N–H and O–H groups in total. The fourth-order valence-electron chi connectivity index (χ4n) is 2.24. The van der Waals surface area contributed by atoms with Crippen molar-refractivity contribution in [1.29, 1.82) is 0 Å². The van der Waals surface area contributed by atoms with E-state index >= 15 is 0 Å². The first-order valence-corrected chi connectivity index (χ1v) is 9.68. The third-order valence-corrected chi connectivity index (χ3v) is 4.94. The normalized spacial score (nSPS) is 11.6. The van der Waals surface area contributed by atoms with Gasteiger partial charge in [-0.1, -0.05) is 34.1 Å². The van der Waals surface area contributed by atoms with E-state index in [1.54, 1.807) is 18.2 Å². The molecule has 1 heterocycles. The number of benzene rings is 2. The molecule has 3 rings (SSSR count). The maximum absolute atomic E-state index is 12.3. The van der Waals surface area contributed by atoms with Gasteiger partial charge in [0, 0.05) is 21.1 Å². The van der Waals surface area contributed by atoms with Gasteiger partial charge < -0.3 is 10.5 Å². The first-order valence-electron chi connectivity index (χ1n) is 8.01. The van der Waals surface area contributed by atoms with Crippen LogP contribution in [-0.4, -0.2) is 23.0 Å². The minimum Gasteiger partial charge on any atom is -0.449 e. The molecular weight excluding hydrogens is 430 g/mol. The summed E-state index contributed by atoms with van der Waals surface area (Å²) in [5, 5.41) is 4.95. The number of aromatic nitrogens is 1. The van der Waals surface area contributed by atoms with Crippen LogP contribution in [0.1, 0.15) is 17.3 Å². The Hall–Kier alpha value is -2.71. The Kier molecular flexibility index (Phi) is 5.88. The van der Waals surface area contributed by atoms with Crippen LogP contribution < -0.4 is 11.1 Å². The number of anilines is 2. The van der Waals surface area contributed by atoms with Crippen molar-refractivity contribution < 1.29 is 14.3 Å². The van der Waals surface area contributed by atoms with Crippen molar-refractivity contribution >= 4 is 50.0 Å². The number of thiazole rings is 1. The number of nitrogens with two attached hydrogens (primary N) is 1. The second kappa shape index (κ2) is 8.32. The highest BCUT2D eigenvalue weighted by atomic mass is 79.9. The Labute approximate surface area is 168 Å². The number of hydrogen-bond donors (Lipinski definition) is 2. The van der Waals surface area contributed by atoms with Gasteiger partial charge in [0.15, 0.2) is 11.2 Å². The highest BCUT2D eigenvalue weighted by Gasteiger charge is 2.20. The number of ether oxygens (including phenoxy) is 1. The van der Waals surface area contributed by atoms with Gasteiger partial charge in [0.1, 0.15) is 0 Å². The molecule has 1 atom stereocenters. The second-order valence-electron chi connectivity index (χ2n) is 5.71. The number of amides is 1. The summed E-state index contributed by atoms with van der Waals surface area (Å²) in [6.07, 6.45) is -0.973. The van der Waals surface area contributed by atoms with Crippen molar-refractivity contribution in [2.45, 2.75) is 13.0 Å². The molecular formula is C19H16BrN3O3S. The minimum absolute atomic E-state index is 0.293. The van der Waals surface area contributed by atoms with E-state index < -0.39 is 18.0 Å². The number of hydrogen-bond acceptors (Lipinski definition) is 6. The van der Waals surface area contributed by atoms with Crippen LogP contribution in [0.3, 0.4) is 0 Å². The molecule has 0 fully saturated rings. The summed E-state index contributed by atoms with van der Waals surface area (Å²) in [4.78, 5) is 28.8. The van der Waals surface area contributed by atoms with Gasteiger partial charge in [-0.2, -0.15) is 0 Å². The zero-order chi connectivity index (χ0) is 19.4. The van der Waals surface area contributed by atoms with Crippen LogP contribution in [0.2, 0.25) is 0 Å². The molecule has 27 heavy (non-hydrogen) atoms. The number of carbonyl (C=O) groups excluding carboxylic acids is 2. The lowest BCUT2D eigenvalue weighted by Crippen LogP contribution is -2.30. The molecule has 1 aromatic heterocycles. The number of carbonyl (C=O) groups is 2. The topological polar surface area (TPSA) is 94.3 Å². The Morgan fingerprint density at radius 1 is 1.22 bits per heavy atom. The number of nitrogen functional groups attached to an aromatic ring is 1. The molecule has 0 saturated carbocycles. The minimum atomic E-state index is -0.973. The number of nitrogens with one attached hydrogen (secondary N) is 1. The summed E-state index contributed by atoms with van der Waals surface area (Å²) in [6, 6.07) is 14.1. The average molecular weight is 446 g/mol. The number of rotatable bonds is 5. The van der Waals surface area contributed by atoms with Crippen molar-refractivity contribution in [1.82, 2.24) is 4.98 Å². The molecule has 1 unspecified atom stereocenters. The van der Waals surface area contributed by atoms with E-state index in [0.29, 0.717) is 16.4 Å². The largest absolute Gasteiger partial charge is 0.449 e. The van der Waals surface area contributed by atoms with E-state index in [9.17, 15) is 9.59 Å². The summed E-state index contributed by atoms with van der Waals surface area (Å²) in [5.41, 5.74) is 8.09. The smallest absolute Gasteiger partial charge is 0.338 e. The van der Waals surface area contributed by atoms with Crippen LogP contribution >= 0.6 is 27.3 Å². The van der Waals surface area contributed by atoms with E-state index in [-0.39, 0.29) is 0 Å². The summed E-state index contributed by atoms with van der Waals surface area (Å²) < 4.78 is 6.17. The molecule has 2 aromatic carbocycles. The van der Waals surface area contributed by atoms with Crippen LogP contribution in [-0.2, 0) is 9.53 Å². The molecule has 1 amide bonds. The second-order valence-corrected chi connectivity index (χ2v) is 7.48. The van der Waals surface area contributed by atoms with Gasteiger partial charge >= 0.3 is 5.97 Å². The molecule has 138 valence electrons. The van der Waals surface area contributed by atoms with Gasteiger partial charge in [-0.25, -0.2) is 9.78 Å². The van der Waals surface area contributed by atoms with Crippen LogP contribution in [0.15, 0.2) is 58.4 Å². The molecule has 0 saturated heterocycles. The van der Waals surface area contributed by atoms with Gasteiger partial charge in [-0.15, -0.1) is 11.3 Å². The Morgan fingerprint density at radius 2 is 1.96 bits per heavy atom. The van der Waals surface area contributed by atoms with E-state index in [1.807, 2.05) is 29.6 Å². The standard InChI is InChI=1S/C19H16BrN3O3S/c1-11(26-18(25)13-3-2-4-15(21)9-13)17(24)23-19-22-16(10-27-19)12-5-7-14(20)8-6-12/h2-11H,21H2,1H3,(H,22,23,24). The van der Waals surface area contributed by atoms with Gasteiger partial charge in [0.25, 0.3) is 5.91 Å². The SMILES string of the molecule is CC(OC(=O)c1cccc(N)c1)C(=O)Nc1nc(-c2ccc(Br)cc2)cs1. The summed E-state index contributed by atoms with van der Waals surface area (Å²) in [6.45, 7) is 1.50. The maximum atomic E-state index is 12.3. The van der Waals surface area contributed by atoms with E-state index in [1.165, 1.54) is 24.3 Å². The predicted molar refractivity (Wildman–Crippen MR) is 110 cm³/mol. The summed E-state index contributed by atoms with van der Waals surface area (Å²) in [5.74, 6) is -1.07. The third-order valence-electron chi connectivity index (χ3n) is 3.65. The summed E-state index contributed by atoms with van der Waals surface area (Å²) in [7, 11) is 0. The van der Waals surface area contributed by atoms with Crippen molar-refractivity contribution in [3.8, 4) is 11.3 Å². The molecule has 0 spiro atoms. The lowest BCUT2D eigenvalue weighted by molar-refractivity contribution is -0.123. The van der Waals surface area contributed by atoms with Gasteiger partial charge in [-0.3, -0.25) is 10.1 Å². The number of halogens is 1. The molecule has 0 aliphatic rings. The Morgan fingerprint density at radius 3 is 2.67 bits per heavy atom. The zero-order valence-electron chi connectivity index (χ0n) is 14.3. The Bertz CT molecular complexity index is 972. The zero-order valence-corrected chi connectivity index (χ0v) is 16.7. The van der Waals surface area contributed by atoms with Crippen LogP contribution in [0.25, 0.3) is 11.3 Å². The van der Waals surface area contributed by atoms with Crippen molar-refractivity contribution in [3.05, 3.63) is 63.9 Å². The first-order chi connectivity index (χ1) is 12.9. The lowest BCUT2D eigenvalue weighted by Gasteiger charge is -2.12.